The minimum Gasteiger partial charge on any atom is -0.487 e. The maximum atomic E-state index is 14.3. The van der Waals surface area contributed by atoms with E-state index in [4.69, 9.17) is 18.9 Å². The van der Waals surface area contributed by atoms with Crippen LogP contribution in [0.1, 0.15) is 0 Å². The number of esters is 2. The monoisotopic (exact) mass is 400 g/mol. The Morgan fingerprint density at radius 1 is 1.07 bits per heavy atom. The molecule has 2 aromatic carbocycles. The van der Waals surface area contributed by atoms with Crippen molar-refractivity contribution in [2.75, 3.05) is 26.9 Å². The van der Waals surface area contributed by atoms with Crippen molar-refractivity contribution in [1.29, 1.82) is 0 Å². The molecule has 0 bridgehead atoms. The molecular weight excluding hydrogens is 379 g/mol. The van der Waals surface area contributed by atoms with Crippen LogP contribution in [0, 0.1) is 5.82 Å². The van der Waals surface area contributed by atoms with E-state index >= 15 is 0 Å². The van der Waals surface area contributed by atoms with Gasteiger partial charge in [0, 0.05) is 13.2 Å². The zero-order valence-electron chi connectivity index (χ0n) is 16.0. The quantitative estimate of drug-likeness (QED) is 0.262. The topological polar surface area (TPSA) is 71.1 Å². The Balaban J connectivity index is 1.91. The first-order valence-corrected chi connectivity index (χ1v) is 8.65. The van der Waals surface area contributed by atoms with Crippen molar-refractivity contribution in [3.05, 3.63) is 73.1 Å². The molecule has 2 aromatic rings. The third-order valence-electron chi connectivity index (χ3n) is 3.69. The molecule has 0 unspecified atom stereocenters. The zero-order chi connectivity index (χ0) is 21.2. The van der Waals surface area contributed by atoms with Crippen LogP contribution in [0.3, 0.4) is 0 Å². The number of rotatable bonds is 10. The van der Waals surface area contributed by atoms with E-state index in [0.717, 1.165) is 11.6 Å². The lowest BCUT2D eigenvalue weighted by molar-refractivity contribution is -0.140. The van der Waals surface area contributed by atoms with Crippen LogP contribution in [0.5, 0.6) is 11.5 Å². The third-order valence-corrected chi connectivity index (χ3v) is 3.69. The van der Waals surface area contributed by atoms with Crippen LogP contribution < -0.4 is 9.47 Å². The highest BCUT2D eigenvalue weighted by Gasteiger charge is 2.10. The van der Waals surface area contributed by atoms with Crippen LogP contribution in [0.15, 0.2) is 67.3 Å². The van der Waals surface area contributed by atoms with Gasteiger partial charge in [-0.1, -0.05) is 31.4 Å². The Hall–Kier alpha value is -3.45. The van der Waals surface area contributed by atoms with Gasteiger partial charge in [-0.25, -0.2) is 14.0 Å². The second-order valence-corrected chi connectivity index (χ2v) is 5.82. The summed E-state index contributed by atoms with van der Waals surface area (Å²) in [4.78, 5) is 22.7. The molecule has 0 amide bonds. The Kier molecular flexibility index (Phi) is 8.12. The Morgan fingerprint density at radius 3 is 2.38 bits per heavy atom. The van der Waals surface area contributed by atoms with E-state index in [1.54, 1.807) is 30.3 Å². The van der Waals surface area contributed by atoms with E-state index in [1.807, 2.05) is 0 Å². The summed E-state index contributed by atoms with van der Waals surface area (Å²) in [7, 11) is 1.44. The summed E-state index contributed by atoms with van der Waals surface area (Å²) in [5, 5.41) is 0. The van der Waals surface area contributed by atoms with E-state index in [9.17, 15) is 14.0 Å². The molecule has 0 aliphatic heterocycles. The van der Waals surface area contributed by atoms with Crippen LogP contribution in [-0.2, 0) is 19.1 Å². The van der Waals surface area contributed by atoms with E-state index < -0.39 is 17.8 Å². The van der Waals surface area contributed by atoms with Crippen molar-refractivity contribution in [3.63, 3.8) is 0 Å². The molecule has 0 saturated carbocycles. The Bertz CT molecular complexity index is 889. The maximum Gasteiger partial charge on any atom is 0.335 e. The fourth-order valence-corrected chi connectivity index (χ4v) is 2.29. The van der Waals surface area contributed by atoms with Gasteiger partial charge in [-0.2, -0.15) is 0 Å². The van der Waals surface area contributed by atoms with E-state index in [-0.39, 0.29) is 31.1 Å². The average Bonchev–Trinajstić information content (AvgIpc) is 2.72. The summed E-state index contributed by atoms with van der Waals surface area (Å²) in [6.07, 6.45) is 1.07. The highest BCUT2D eigenvalue weighted by atomic mass is 19.1. The average molecular weight is 400 g/mol. The molecule has 0 atom stereocenters. The first kappa shape index (κ1) is 21.8. The fourth-order valence-electron chi connectivity index (χ4n) is 2.29. The van der Waals surface area contributed by atoms with Crippen molar-refractivity contribution in [2.24, 2.45) is 0 Å². The number of benzene rings is 2. The highest BCUT2D eigenvalue weighted by molar-refractivity contribution is 5.88. The summed E-state index contributed by atoms with van der Waals surface area (Å²) < 4.78 is 34.3. The second kappa shape index (κ2) is 10.8. The van der Waals surface area contributed by atoms with Gasteiger partial charge in [0.25, 0.3) is 0 Å². The summed E-state index contributed by atoms with van der Waals surface area (Å²) in [5.74, 6) is -1.30. The normalized spacial score (nSPS) is 10.1. The molecule has 0 spiro atoms. The first-order chi connectivity index (χ1) is 13.9. The standard InChI is InChI=1S/C22H21FO6/c1-4-21(24)29-18-8-5-16(6-9-18)17-7-10-20(19(23)13-17)27-11-12-28-22(25)15(2)14-26-3/h4-10,13H,1-2,11-12,14H2,3H3. The summed E-state index contributed by atoms with van der Waals surface area (Å²) in [6.45, 7) is 6.88. The Labute approximate surface area is 168 Å². The van der Waals surface area contributed by atoms with Crippen LogP contribution in [-0.4, -0.2) is 38.9 Å². The number of hydrogen-bond donors (Lipinski definition) is 0. The molecule has 29 heavy (non-hydrogen) atoms. The highest BCUT2D eigenvalue weighted by Crippen LogP contribution is 2.27. The molecule has 0 aliphatic carbocycles. The molecule has 2 rings (SSSR count). The molecule has 0 aliphatic rings. The number of halogens is 1. The molecule has 6 nitrogen and oxygen atoms in total. The van der Waals surface area contributed by atoms with Gasteiger partial charge in [-0.05, 0) is 35.4 Å². The minimum absolute atomic E-state index is 0.00830. The van der Waals surface area contributed by atoms with Gasteiger partial charge < -0.3 is 18.9 Å². The van der Waals surface area contributed by atoms with Crippen molar-refractivity contribution in [2.45, 2.75) is 0 Å². The van der Waals surface area contributed by atoms with Gasteiger partial charge in [0.15, 0.2) is 11.6 Å². The van der Waals surface area contributed by atoms with Crippen molar-refractivity contribution in [3.8, 4) is 22.6 Å². The molecule has 0 aromatic heterocycles. The summed E-state index contributed by atoms with van der Waals surface area (Å²) in [6, 6.07) is 11.1. The van der Waals surface area contributed by atoms with Crippen LogP contribution >= 0.6 is 0 Å². The first-order valence-electron chi connectivity index (χ1n) is 8.65. The molecule has 0 heterocycles. The lowest BCUT2D eigenvalue weighted by Gasteiger charge is -2.10. The van der Waals surface area contributed by atoms with E-state index in [0.29, 0.717) is 11.3 Å². The number of carbonyl (C=O) groups is 2. The largest absolute Gasteiger partial charge is 0.487 e. The molecule has 152 valence electrons. The number of methoxy groups -OCH3 is 1. The predicted octanol–water partition coefficient (Wildman–Crippen LogP) is 3.71. The summed E-state index contributed by atoms with van der Waals surface area (Å²) >= 11 is 0. The predicted molar refractivity (Wildman–Crippen MR) is 105 cm³/mol. The second-order valence-electron chi connectivity index (χ2n) is 5.82. The van der Waals surface area contributed by atoms with E-state index in [2.05, 4.69) is 13.2 Å². The number of ether oxygens (including phenoxy) is 4. The van der Waals surface area contributed by atoms with Gasteiger partial charge in [-0.3, -0.25) is 0 Å². The van der Waals surface area contributed by atoms with Crippen molar-refractivity contribution in [1.82, 2.24) is 0 Å². The van der Waals surface area contributed by atoms with Gasteiger partial charge in [0.05, 0.1) is 12.2 Å². The number of carbonyl (C=O) groups excluding carboxylic acids is 2. The van der Waals surface area contributed by atoms with Crippen molar-refractivity contribution < 1.29 is 32.9 Å². The number of hydrogen-bond acceptors (Lipinski definition) is 6. The van der Waals surface area contributed by atoms with Crippen molar-refractivity contribution >= 4 is 11.9 Å². The van der Waals surface area contributed by atoms with Crippen LogP contribution in [0.25, 0.3) is 11.1 Å². The molecule has 0 radical (unpaired) electrons. The SMILES string of the molecule is C=CC(=O)Oc1ccc(-c2ccc(OCCOC(=O)C(=C)COC)c(F)c2)cc1. The lowest BCUT2D eigenvalue weighted by atomic mass is 10.1. The minimum atomic E-state index is -0.589. The van der Waals surface area contributed by atoms with Crippen LogP contribution in [0.2, 0.25) is 0 Å². The smallest absolute Gasteiger partial charge is 0.335 e. The van der Waals surface area contributed by atoms with Gasteiger partial charge in [0.1, 0.15) is 19.0 Å². The third kappa shape index (κ3) is 6.58. The van der Waals surface area contributed by atoms with Gasteiger partial charge in [0.2, 0.25) is 0 Å². The zero-order valence-corrected chi connectivity index (χ0v) is 16.0. The molecule has 7 heteroatoms. The molecule has 0 N–H and O–H groups in total. The lowest BCUT2D eigenvalue weighted by Crippen LogP contribution is -2.15. The van der Waals surface area contributed by atoms with Gasteiger partial charge >= 0.3 is 11.9 Å². The van der Waals surface area contributed by atoms with E-state index in [1.165, 1.54) is 19.2 Å². The maximum absolute atomic E-state index is 14.3. The summed E-state index contributed by atoms with van der Waals surface area (Å²) in [5.41, 5.74) is 1.55. The molecule has 0 saturated heterocycles. The Morgan fingerprint density at radius 2 is 1.76 bits per heavy atom. The van der Waals surface area contributed by atoms with Crippen LogP contribution in [0.4, 0.5) is 4.39 Å². The molecule has 0 fully saturated rings. The fraction of sp³-hybridized carbons (Fsp3) is 0.182. The molecular formula is C22H21FO6. The van der Waals surface area contributed by atoms with Gasteiger partial charge in [-0.15, -0.1) is 0 Å².